The average Bonchev–Trinajstić information content (AvgIpc) is 2.85. The molecule has 2 aromatic carbocycles. The first-order valence-electron chi connectivity index (χ1n) is 8.62. The zero-order chi connectivity index (χ0) is 19.7. The summed E-state index contributed by atoms with van der Waals surface area (Å²) in [5.74, 6) is -2.39. The summed E-state index contributed by atoms with van der Waals surface area (Å²) in [6.07, 6.45) is 1.69. The van der Waals surface area contributed by atoms with Gasteiger partial charge in [-0.15, -0.1) is 0 Å². The molecule has 2 amide bonds. The molecule has 0 unspecified atom stereocenters. The van der Waals surface area contributed by atoms with E-state index < -0.39 is 23.4 Å². The number of nitrogens with zero attached hydrogens (tertiary/aromatic N) is 1. The normalized spacial score (nSPS) is 14.0. The lowest BCUT2D eigenvalue weighted by Gasteiger charge is -2.16. The molecule has 6 heteroatoms. The number of amides is 2. The standard InChI is InChI=1S/C21H20F2N2O2/c1-12-4-5-15(13(2)8-12)6-7-25-20(26)11-19(21(25)27)24-16-9-17(22)14(3)18(23)10-16/h4-5,8-11,24H,6-7H2,1-3H3. The molecule has 0 spiro atoms. The Hall–Kier alpha value is -3.02. The third-order valence-corrected chi connectivity index (χ3v) is 4.67. The number of anilines is 1. The van der Waals surface area contributed by atoms with Gasteiger partial charge in [0.15, 0.2) is 0 Å². The van der Waals surface area contributed by atoms with Crippen molar-refractivity contribution in [3.8, 4) is 0 Å². The SMILES string of the molecule is Cc1ccc(CCN2C(=O)C=C(Nc3cc(F)c(C)c(F)c3)C2=O)c(C)c1. The summed E-state index contributed by atoms with van der Waals surface area (Å²) in [5, 5.41) is 2.65. The van der Waals surface area contributed by atoms with Crippen LogP contribution in [0.1, 0.15) is 22.3 Å². The van der Waals surface area contributed by atoms with Crippen molar-refractivity contribution in [1.82, 2.24) is 4.90 Å². The first-order valence-corrected chi connectivity index (χ1v) is 8.62. The second kappa shape index (κ2) is 7.31. The molecule has 4 nitrogen and oxygen atoms in total. The molecule has 0 aromatic heterocycles. The Balaban J connectivity index is 1.70. The Labute approximate surface area is 156 Å². The molecule has 1 N–H and O–H groups in total. The molecule has 1 aliphatic rings. The molecule has 3 rings (SSSR count). The van der Waals surface area contributed by atoms with Crippen LogP contribution in [0.2, 0.25) is 0 Å². The lowest BCUT2D eigenvalue weighted by atomic mass is 10.0. The van der Waals surface area contributed by atoms with Gasteiger partial charge in [-0.3, -0.25) is 14.5 Å². The summed E-state index contributed by atoms with van der Waals surface area (Å²) in [5.41, 5.74) is 3.30. The summed E-state index contributed by atoms with van der Waals surface area (Å²) in [7, 11) is 0. The van der Waals surface area contributed by atoms with E-state index in [0.29, 0.717) is 6.42 Å². The van der Waals surface area contributed by atoms with Crippen molar-refractivity contribution in [2.45, 2.75) is 27.2 Å². The van der Waals surface area contributed by atoms with Crippen molar-refractivity contribution in [3.63, 3.8) is 0 Å². The number of hydrogen-bond acceptors (Lipinski definition) is 3. The molecule has 0 saturated heterocycles. The number of rotatable bonds is 5. The molecule has 2 aromatic rings. The van der Waals surface area contributed by atoms with Gasteiger partial charge in [0.2, 0.25) is 0 Å². The van der Waals surface area contributed by atoms with Gasteiger partial charge in [-0.2, -0.15) is 0 Å². The van der Waals surface area contributed by atoms with Crippen molar-refractivity contribution in [2.24, 2.45) is 0 Å². The van der Waals surface area contributed by atoms with Crippen LogP contribution in [-0.4, -0.2) is 23.3 Å². The minimum absolute atomic E-state index is 0.00304. The topological polar surface area (TPSA) is 49.4 Å². The highest BCUT2D eigenvalue weighted by Crippen LogP contribution is 2.22. The molecule has 1 aliphatic heterocycles. The number of carbonyl (C=O) groups excluding carboxylic acids is 2. The van der Waals surface area contributed by atoms with Gasteiger partial charge in [-0.25, -0.2) is 8.78 Å². The number of carbonyl (C=O) groups is 2. The van der Waals surface area contributed by atoms with Crippen LogP contribution < -0.4 is 5.32 Å². The van der Waals surface area contributed by atoms with Gasteiger partial charge < -0.3 is 5.32 Å². The monoisotopic (exact) mass is 370 g/mol. The molecule has 0 fully saturated rings. The third-order valence-electron chi connectivity index (χ3n) is 4.67. The van der Waals surface area contributed by atoms with Gasteiger partial charge in [0, 0.05) is 23.9 Å². The van der Waals surface area contributed by atoms with Crippen LogP contribution in [0, 0.1) is 32.4 Å². The van der Waals surface area contributed by atoms with E-state index >= 15 is 0 Å². The van der Waals surface area contributed by atoms with E-state index in [4.69, 9.17) is 0 Å². The maximum Gasteiger partial charge on any atom is 0.277 e. The van der Waals surface area contributed by atoms with Gasteiger partial charge in [0.05, 0.1) is 0 Å². The number of benzene rings is 2. The summed E-state index contributed by atoms with van der Waals surface area (Å²) >= 11 is 0. The van der Waals surface area contributed by atoms with Crippen LogP contribution in [0.4, 0.5) is 14.5 Å². The Kier molecular flexibility index (Phi) is 5.08. The van der Waals surface area contributed by atoms with Gasteiger partial charge in [-0.1, -0.05) is 23.8 Å². The Bertz CT molecular complexity index is 944. The number of halogens is 2. The highest BCUT2D eigenvalue weighted by atomic mass is 19.1. The summed E-state index contributed by atoms with van der Waals surface area (Å²) in [6.45, 7) is 5.55. The van der Waals surface area contributed by atoms with E-state index in [1.54, 1.807) is 0 Å². The lowest BCUT2D eigenvalue weighted by molar-refractivity contribution is -0.137. The fourth-order valence-corrected chi connectivity index (χ4v) is 3.04. The van der Waals surface area contributed by atoms with Gasteiger partial charge in [0.1, 0.15) is 17.3 Å². The van der Waals surface area contributed by atoms with Crippen molar-refractivity contribution >= 4 is 17.5 Å². The van der Waals surface area contributed by atoms with Crippen molar-refractivity contribution < 1.29 is 18.4 Å². The van der Waals surface area contributed by atoms with E-state index in [9.17, 15) is 18.4 Å². The Morgan fingerprint density at radius 2 is 1.67 bits per heavy atom. The molecule has 140 valence electrons. The first kappa shape index (κ1) is 18.8. The second-order valence-electron chi connectivity index (χ2n) is 6.72. The smallest absolute Gasteiger partial charge is 0.277 e. The van der Waals surface area contributed by atoms with E-state index in [1.807, 2.05) is 26.0 Å². The van der Waals surface area contributed by atoms with E-state index in [-0.39, 0.29) is 23.5 Å². The van der Waals surface area contributed by atoms with Gasteiger partial charge in [-0.05, 0) is 50.5 Å². The van der Waals surface area contributed by atoms with Crippen LogP contribution in [0.15, 0.2) is 42.1 Å². The van der Waals surface area contributed by atoms with Crippen LogP contribution in [0.5, 0.6) is 0 Å². The predicted octanol–water partition coefficient (Wildman–Crippen LogP) is 3.80. The zero-order valence-corrected chi connectivity index (χ0v) is 15.4. The number of imide groups is 1. The Morgan fingerprint density at radius 3 is 2.30 bits per heavy atom. The van der Waals surface area contributed by atoms with Gasteiger partial charge >= 0.3 is 0 Å². The number of hydrogen-bond donors (Lipinski definition) is 1. The van der Waals surface area contributed by atoms with Crippen molar-refractivity contribution in [2.75, 3.05) is 11.9 Å². The average molecular weight is 370 g/mol. The van der Waals surface area contributed by atoms with Crippen LogP contribution >= 0.6 is 0 Å². The minimum Gasteiger partial charge on any atom is -0.351 e. The molecule has 0 aliphatic carbocycles. The Morgan fingerprint density at radius 1 is 1.00 bits per heavy atom. The fraction of sp³-hybridized carbons (Fsp3) is 0.238. The zero-order valence-electron chi connectivity index (χ0n) is 15.4. The van der Waals surface area contributed by atoms with E-state index in [1.165, 1.54) is 6.92 Å². The minimum atomic E-state index is -0.721. The first-order chi connectivity index (χ1) is 12.8. The van der Waals surface area contributed by atoms with Crippen molar-refractivity contribution in [1.29, 1.82) is 0 Å². The molecule has 0 saturated carbocycles. The molecule has 1 heterocycles. The molecule has 0 atom stereocenters. The second-order valence-corrected chi connectivity index (χ2v) is 6.72. The summed E-state index contributed by atoms with van der Waals surface area (Å²) in [6, 6.07) is 8.21. The highest BCUT2D eigenvalue weighted by molar-refractivity contribution is 6.17. The molecular weight excluding hydrogens is 350 g/mol. The van der Waals surface area contributed by atoms with Crippen LogP contribution in [0.25, 0.3) is 0 Å². The highest BCUT2D eigenvalue weighted by Gasteiger charge is 2.31. The van der Waals surface area contributed by atoms with E-state index in [2.05, 4.69) is 11.4 Å². The lowest BCUT2D eigenvalue weighted by Crippen LogP contribution is -2.34. The third kappa shape index (κ3) is 3.89. The predicted molar refractivity (Wildman–Crippen MR) is 99.1 cm³/mol. The van der Waals surface area contributed by atoms with Crippen LogP contribution in [0.3, 0.4) is 0 Å². The molecular formula is C21H20F2N2O2. The van der Waals surface area contributed by atoms with Crippen LogP contribution in [-0.2, 0) is 16.0 Å². The number of nitrogens with one attached hydrogen (secondary N) is 1. The summed E-state index contributed by atoms with van der Waals surface area (Å²) in [4.78, 5) is 25.8. The molecule has 0 bridgehead atoms. The fourth-order valence-electron chi connectivity index (χ4n) is 3.04. The maximum atomic E-state index is 13.7. The van der Waals surface area contributed by atoms with Crippen molar-refractivity contribution in [3.05, 3.63) is 76.0 Å². The molecule has 27 heavy (non-hydrogen) atoms. The number of aryl methyl sites for hydroxylation is 2. The summed E-state index contributed by atoms with van der Waals surface area (Å²) < 4.78 is 27.4. The van der Waals surface area contributed by atoms with Gasteiger partial charge in [0.25, 0.3) is 11.8 Å². The maximum absolute atomic E-state index is 13.7. The molecule has 0 radical (unpaired) electrons. The largest absolute Gasteiger partial charge is 0.351 e. The van der Waals surface area contributed by atoms with E-state index in [0.717, 1.165) is 39.8 Å². The quantitative estimate of drug-likeness (QED) is 0.815.